The molecule has 6 nitrogen and oxygen atoms in total. The van der Waals surface area contributed by atoms with Gasteiger partial charge in [-0.05, 0) is 13.8 Å². The Morgan fingerprint density at radius 3 is 2.71 bits per heavy atom. The second-order valence-electron chi connectivity index (χ2n) is 4.58. The average Bonchev–Trinajstić information content (AvgIpc) is 2.75. The Labute approximate surface area is 126 Å². The van der Waals surface area contributed by atoms with Crippen molar-refractivity contribution < 1.29 is 9.72 Å². The zero-order chi connectivity index (χ0) is 15.4. The minimum atomic E-state index is -0.473. The third kappa shape index (κ3) is 3.85. The Balaban J connectivity index is 1.99. The number of aryl methyl sites for hydroxylation is 2. The highest BCUT2D eigenvalue weighted by atomic mass is 32.1. The molecule has 110 valence electrons. The first kappa shape index (κ1) is 15.1. The minimum Gasteiger partial charge on any atom is -0.351 e. The Bertz CT molecular complexity index is 682. The van der Waals surface area contributed by atoms with E-state index in [9.17, 15) is 14.9 Å². The molecule has 2 aromatic rings. The lowest BCUT2D eigenvalue weighted by Gasteiger charge is -2.05. The minimum absolute atomic E-state index is 0.00597. The second kappa shape index (κ2) is 6.45. The smallest absolute Gasteiger partial charge is 0.273 e. The number of nitro benzene ring substituents is 1. The van der Waals surface area contributed by atoms with Gasteiger partial charge in [-0.25, -0.2) is 4.98 Å². The van der Waals surface area contributed by atoms with Gasteiger partial charge in [0.25, 0.3) is 5.69 Å². The largest absolute Gasteiger partial charge is 0.351 e. The van der Waals surface area contributed by atoms with Crippen LogP contribution in [-0.2, 0) is 17.8 Å². The third-order valence-electron chi connectivity index (χ3n) is 2.99. The molecule has 7 heteroatoms. The van der Waals surface area contributed by atoms with Crippen molar-refractivity contribution in [2.24, 2.45) is 0 Å². The zero-order valence-electron chi connectivity index (χ0n) is 11.8. The predicted octanol–water partition coefficient (Wildman–Crippen LogP) is 2.53. The molecule has 21 heavy (non-hydrogen) atoms. The highest BCUT2D eigenvalue weighted by molar-refractivity contribution is 7.11. The molecular formula is C14H15N3O3S. The van der Waals surface area contributed by atoms with Crippen molar-refractivity contribution in [3.63, 3.8) is 0 Å². The number of thiazole rings is 1. The van der Waals surface area contributed by atoms with Crippen molar-refractivity contribution >= 4 is 22.9 Å². The second-order valence-corrected chi connectivity index (χ2v) is 5.87. The van der Waals surface area contributed by atoms with Gasteiger partial charge in [0.1, 0.15) is 0 Å². The Morgan fingerprint density at radius 2 is 2.10 bits per heavy atom. The highest BCUT2D eigenvalue weighted by Crippen LogP contribution is 2.19. The molecule has 0 aliphatic carbocycles. The van der Waals surface area contributed by atoms with E-state index >= 15 is 0 Å². The topological polar surface area (TPSA) is 85.1 Å². The van der Waals surface area contributed by atoms with Crippen LogP contribution in [0.15, 0.2) is 24.3 Å². The molecular weight excluding hydrogens is 290 g/mol. The number of hydrogen-bond donors (Lipinski definition) is 1. The van der Waals surface area contributed by atoms with E-state index in [-0.39, 0.29) is 18.0 Å². The van der Waals surface area contributed by atoms with Crippen LogP contribution in [0.5, 0.6) is 0 Å². The van der Waals surface area contributed by atoms with Crippen LogP contribution in [0.1, 0.15) is 21.1 Å². The highest BCUT2D eigenvalue weighted by Gasteiger charge is 2.15. The molecule has 0 bridgehead atoms. The van der Waals surface area contributed by atoms with Gasteiger partial charge >= 0.3 is 0 Å². The van der Waals surface area contributed by atoms with Crippen LogP contribution < -0.4 is 5.32 Å². The van der Waals surface area contributed by atoms with Crippen molar-refractivity contribution in [1.82, 2.24) is 10.3 Å². The van der Waals surface area contributed by atoms with E-state index in [1.807, 2.05) is 13.8 Å². The molecule has 1 amide bonds. The average molecular weight is 305 g/mol. The summed E-state index contributed by atoms with van der Waals surface area (Å²) in [6.07, 6.45) is -0.00597. The van der Waals surface area contributed by atoms with Gasteiger partial charge in [0, 0.05) is 16.5 Å². The fourth-order valence-corrected chi connectivity index (χ4v) is 2.87. The summed E-state index contributed by atoms with van der Waals surface area (Å²) in [6.45, 7) is 4.21. The van der Waals surface area contributed by atoms with Gasteiger partial charge in [0.15, 0.2) is 0 Å². The summed E-state index contributed by atoms with van der Waals surface area (Å²) >= 11 is 1.54. The fourth-order valence-electron chi connectivity index (χ4n) is 1.99. The molecule has 0 spiro atoms. The maximum atomic E-state index is 11.9. The van der Waals surface area contributed by atoms with Gasteiger partial charge in [-0.3, -0.25) is 14.9 Å². The van der Waals surface area contributed by atoms with E-state index in [0.717, 1.165) is 15.6 Å². The first-order chi connectivity index (χ1) is 9.97. The summed E-state index contributed by atoms with van der Waals surface area (Å²) in [5.41, 5.74) is 1.29. The summed E-state index contributed by atoms with van der Waals surface area (Å²) in [4.78, 5) is 27.6. The number of nitrogens with one attached hydrogen (secondary N) is 1. The first-order valence-corrected chi connectivity index (χ1v) is 7.21. The van der Waals surface area contributed by atoms with E-state index < -0.39 is 4.92 Å². The van der Waals surface area contributed by atoms with Gasteiger partial charge < -0.3 is 5.32 Å². The van der Waals surface area contributed by atoms with Crippen LogP contribution in [0.3, 0.4) is 0 Å². The summed E-state index contributed by atoms with van der Waals surface area (Å²) in [6, 6.07) is 6.27. The number of aromatic nitrogens is 1. The molecule has 1 heterocycles. The summed E-state index contributed by atoms with van der Waals surface area (Å²) in [5, 5.41) is 14.6. The van der Waals surface area contributed by atoms with Crippen LogP contribution in [-0.4, -0.2) is 15.8 Å². The number of carbonyl (C=O) groups is 1. The number of para-hydroxylation sites is 1. The summed E-state index contributed by atoms with van der Waals surface area (Å²) in [5.74, 6) is -0.241. The fraction of sp³-hybridized carbons (Fsp3) is 0.286. The molecule has 0 aliphatic heterocycles. The lowest BCUT2D eigenvalue weighted by atomic mass is 10.1. The number of carbonyl (C=O) groups excluding carboxylic acids is 1. The van der Waals surface area contributed by atoms with Crippen LogP contribution in [0.2, 0.25) is 0 Å². The number of benzene rings is 1. The Kier molecular flexibility index (Phi) is 4.64. The van der Waals surface area contributed by atoms with E-state index in [1.165, 1.54) is 17.4 Å². The molecule has 1 aromatic carbocycles. The van der Waals surface area contributed by atoms with Crippen LogP contribution >= 0.6 is 11.3 Å². The van der Waals surface area contributed by atoms with Gasteiger partial charge in [-0.1, -0.05) is 18.2 Å². The number of amides is 1. The van der Waals surface area contributed by atoms with Crippen molar-refractivity contribution in [3.05, 3.63) is 55.5 Å². The molecule has 0 saturated carbocycles. The van der Waals surface area contributed by atoms with Crippen LogP contribution in [0.25, 0.3) is 0 Å². The number of nitrogens with zero attached hydrogens (tertiary/aromatic N) is 2. The first-order valence-electron chi connectivity index (χ1n) is 6.39. The summed E-state index contributed by atoms with van der Waals surface area (Å²) in [7, 11) is 0. The predicted molar refractivity (Wildman–Crippen MR) is 80.2 cm³/mol. The quantitative estimate of drug-likeness (QED) is 0.679. The van der Waals surface area contributed by atoms with E-state index in [0.29, 0.717) is 12.1 Å². The van der Waals surface area contributed by atoms with Crippen molar-refractivity contribution in [1.29, 1.82) is 0 Å². The zero-order valence-corrected chi connectivity index (χ0v) is 12.6. The van der Waals surface area contributed by atoms with E-state index in [1.54, 1.807) is 18.2 Å². The van der Waals surface area contributed by atoms with Crippen molar-refractivity contribution in [3.8, 4) is 0 Å². The van der Waals surface area contributed by atoms with Gasteiger partial charge in [0.05, 0.1) is 28.6 Å². The molecule has 0 fully saturated rings. The van der Waals surface area contributed by atoms with Crippen LogP contribution in [0.4, 0.5) is 5.69 Å². The SMILES string of the molecule is Cc1nc(C)c(CNC(=O)Cc2ccccc2[N+](=O)[O-])s1. The third-order valence-corrected chi connectivity index (χ3v) is 4.06. The van der Waals surface area contributed by atoms with E-state index in [4.69, 9.17) is 0 Å². The molecule has 0 saturated heterocycles. The monoisotopic (exact) mass is 305 g/mol. The van der Waals surface area contributed by atoms with Gasteiger partial charge in [-0.15, -0.1) is 11.3 Å². The molecule has 0 aliphatic rings. The molecule has 0 unspecified atom stereocenters. The summed E-state index contributed by atoms with van der Waals surface area (Å²) < 4.78 is 0. The maximum absolute atomic E-state index is 11.9. The van der Waals surface area contributed by atoms with Crippen molar-refractivity contribution in [2.75, 3.05) is 0 Å². The Hall–Kier alpha value is -2.28. The van der Waals surface area contributed by atoms with Gasteiger partial charge in [0.2, 0.25) is 5.91 Å². The normalized spacial score (nSPS) is 10.4. The van der Waals surface area contributed by atoms with Crippen molar-refractivity contribution in [2.45, 2.75) is 26.8 Å². The maximum Gasteiger partial charge on any atom is 0.273 e. The lowest BCUT2D eigenvalue weighted by molar-refractivity contribution is -0.385. The lowest BCUT2D eigenvalue weighted by Crippen LogP contribution is -2.24. The number of nitro groups is 1. The molecule has 1 aromatic heterocycles. The molecule has 1 N–H and O–H groups in total. The van der Waals surface area contributed by atoms with Gasteiger partial charge in [-0.2, -0.15) is 0 Å². The number of rotatable bonds is 5. The standard InChI is InChI=1S/C14H15N3O3S/c1-9-13(21-10(2)16-9)8-15-14(18)7-11-5-3-4-6-12(11)17(19)20/h3-6H,7-8H2,1-2H3,(H,15,18). The van der Waals surface area contributed by atoms with Crippen LogP contribution in [0, 0.1) is 24.0 Å². The molecule has 0 radical (unpaired) electrons. The Morgan fingerprint density at radius 1 is 1.38 bits per heavy atom. The van der Waals surface area contributed by atoms with E-state index in [2.05, 4.69) is 10.3 Å². The molecule has 2 rings (SSSR count). The number of hydrogen-bond acceptors (Lipinski definition) is 5. The molecule has 0 atom stereocenters.